The molecule has 1 aliphatic heterocycles. The van der Waals surface area contributed by atoms with Gasteiger partial charge in [0.1, 0.15) is 17.7 Å². The van der Waals surface area contributed by atoms with Crippen LogP contribution in [0.15, 0.2) is 48.7 Å². The number of morpholine rings is 1. The molecule has 1 saturated heterocycles. The topological polar surface area (TPSA) is 72.3 Å². The first kappa shape index (κ1) is 22.0. The highest BCUT2D eigenvalue weighted by Gasteiger charge is 2.32. The molecule has 2 aromatic heterocycles. The number of anilines is 2. The second-order valence-corrected chi connectivity index (χ2v) is 8.97. The van der Waals surface area contributed by atoms with Gasteiger partial charge in [-0.25, -0.2) is 14.4 Å². The van der Waals surface area contributed by atoms with Crippen molar-refractivity contribution in [1.82, 2.24) is 19.4 Å². The quantitative estimate of drug-likeness (QED) is 0.659. The zero-order chi connectivity index (χ0) is 22.9. The Morgan fingerprint density at radius 3 is 2.66 bits per heavy atom. The number of amides is 1. The zero-order valence-electron chi connectivity index (χ0n) is 18.8. The summed E-state index contributed by atoms with van der Waals surface area (Å²) in [7, 11) is 1.89. The molecule has 0 radical (unpaired) electrons. The number of hydrogen-bond donors (Lipinski definition) is 1. The highest BCUT2D eigenvalue weighted by molar-refractivity contribution is 5.81. The van der Waals surface area contributed by atoms with Gasteiger partial charge in [0.15, 0.2) is 0 Å². The molecule has 32 heavy (non-hydrogen) atoms. The molecule has 0 saturated carbocycles. The number of aromatic nitrogens is 3. The minimum absolute atomic E-state index is 0.112. The lowest BCUT2D eigenvalue weighted by atomic mass is 9.94. The molecule has 1 atom stereocenters. The van der Waals surface area contributed by atoms with Gasteiger partial charge in [-0.3, -0.25) is 4.79 Å². The largest absolute Gasteiger partial charge is 0.368 e. The number of pyridine rings is 1. The van der Waals surface area contributed by atoms with Crippen LogP contribution in [0.1, 0.15) is 32.6 Å². The van der Waals surface area contributed by atoms with Gasteiger partial charge in [-0.2, -0.15) is 0 Å². The van der Waals surface area contributed by atoms with E-state index in [1.165, 1.54) is 12.1 Å². The van der Waals surface area contributed by atoms with E-state index in [1.54, 1.807) is 18.3 Å². The van der Waals surface area contributed by atoms with Gasteiger partial charge in [0.2, 0.25) is 11.9 Å². The Bertz CT molecular complexity index is 1100. The van der Waals surface area contributed by atoms with E-state index in [4.69, 9.17) is 9.72 Å². The number of halogens is 1. The lowest BCUT2D eigenvalue weighted by Crippen LogP contribution is -2.47. The molecule has 1 aliphatic rings. The number of imidazole rings is 1. The molecule has 0 bridgehead atoms. The van der Waals surface area contributed by atoms with Gasteiger partial charge < -0.3 is 19.5 Å². The minimum Gasteiger partial charge on any atom is -0.368 e. The van der Waals surface area contributed by atoms with Crippen LogP contribution in [-0.2, 0) is 16.6 Å². The Kier molecular flexibility index (Phi) is 5.97. The zero-order valence-corrected chi connectivity index (χ0v) is 18.8. The lowest BCUT2D eigenvalue weighted by molar-refractivity contribution is -0.147. The maximum Gasteiger partial charge on any atom is 0.228 e. The molecule has 3 aromatic rings. The van der Waals surface area contributed by atoms with Crippen molar-refractivity contribution < 1.29 is 13.9 Å². The van der Waals surface area contributed by atoms with Gasteiger partial charge in [-0.1, -0.05) is 26.8 Å². The van der Waals surface area contributed by atoms with Crippen molar-refractivity contribution in [2.75, 3.05) is 25.0 Å². The van der Waals surface area contributed by atoms with Crippen LogP contribution in [0.5, 0.6) is 0 Å². The third kappa shape index (κ3) is 4.65. The van der Waals surface area contributed by atoms with E-state index < -0.39 is 5.41 Å². The van der Waals surface area contributed by atoms with E-state index in [2.05, 4.69) is 10.3 Å². The van der Waals surface area contributed by atoms with E-state index in [1.807, 2.05) is 55.5 Å². The number of nitrogens with one attached hydrogen (secondary N) is 1. The van der Waals surface area contributed by atoms with Gasteiger partial charge in [0.05, 0.1) is 30.7 Å². The van der Waals surface area contributed by atoms with Gasteiger partial charge in [0, 0.05) is 24.6 Å². The van der Waals surface area contributed by atoms with Crippen LogP contribution >= 0.6 is 0 Å². The number of carbonyl (C=O) groups is 1. The Balaban J connectivity index is 1.50. The average molecular weight is 438 g/mol. The minimum atomic E-state index is -0.431. The Morgan fingerprint density at radius 1 is 1.19 bits per heavy atom. The van der Waals surface area contributed by atoms with Crippen LogP contribution in [0.4, 0.5) is 16.2 Å². The first-order chi connectivity index (χ1) is 15.2. The van der Waals surface area contributed by atoms with Crippen molar-refractivity contribution in [3.63, 3.8) is 0 Å². The molecular weight excluding hydrogens is 409 g/mol. The summed E-state index contributed by atoms with van der Waals surface area (Å²) < 4.78 is 21.1. The Hall–Kier alpha value is -3.26. The Labute approximate surface area is 187 Å². The molecule has 4 rings (SSSR count). The maximum absolute atomic E-state index is 13.2. The number of nitrogens with zero attached hydrogens (tertiary/aromatic N) is 4. The van der Waals surface area contributed by atoms with Crippen molar-refractivity contribution in [1.29, 1.82) is 0 Å². The smallest absolute Gasteiger partial charge is 0.228 e. The summed E-state index contributed by atoms with van der Waals surface area (Å²) in [5, 5.41) is 3.24. The summed E-state index contributed by atoms with van der Waals surface area (Å²) in [5.41, 5.74) is 2.06. The van der Waals surface area contributed by atoms with Crippen molar-refractivity contribution in [2.24, 2.45) is 12.5 Å². The maximum atomic E-state index is 13.2. The highest BCUT2D eigenvalue weighted by Crippen LogP contribution is 2.27. The molecule has 1 N–H and O–H groups in total. The van der Waals surface area contributed by atoms with Gasteiger partial charge in [-0.05, 0) is 36.4 Å². The molecule has 1 fully saturated rings. The molecule has 3 heterocycles. The summed E-state index contributed by atoms with van der Waals surface area (Å²) in [6.07, 6.45) is 1.45. The lowest BCUT2D eigenvalue weighted by Gasteiger charge is -2.36. The third-order valence-corrected chi connectivity index (χ3v) is 5.46. The summed E-state index contributed by atoms with van der Waals surface area (Å²) in [5.74, 6) is 1.08. The van der Waals surface area contributed by atoms with Crippen LogP contribution in [0.3, 0.4) is 0 Å². The summed E-state index contributed by atoms with van der Waals surface area (Å²) >= 11 is 0. The SMILES string of the molecule is Cn1c(-c2ccc(F)cc2)cnc1Nc1cccc([C@@H]2CN(C(=O)C(C)(C)C)CCO2)n1. The molecule has 1 amide bonds. The second kappa shape index (κ2) is 8.70. The predicted molar refractivity (Wildman–Crippen MR) is 121 cm³/mol. The fourth-order valence-electron chi connectivity index (χ4n) is 3.72. The van der Waals surface area contributed by atoms with Crippen LogP contribution in [-0.4, -0.2) is 45.0 Å². The van der Waals surface area contributed by atoms with Crippen LogP contribution in [0, 0.1) is 11.2 Å². The van der Waals surface area contributed by atoms with Crippen molar-refractivity contribution in [2.45, 2.75) is 26.9 Å². The van der Waals surface area contributed by atoms with Crippen molar-refractivity contribution in [3.05, 3.63) is 60.2 Å². The van der Waals surface area contributed by atoms with Crippen LogP contribution in [0.25, 0.3) is 11.3 Å². The summed E-state index contributed by atoms with van der Waals surface area (Å²) in [6, 6.07) is 12.0. The van der Waals surface area contributed by atoms with Crippen LogP contribution < -0.4 is 5.32 Å². The van der Waals surface area contributed by atoms with E-state index in [-0.39, 0.29) is 17.8 Å². The van der Waals surface area contributed by atoms with Crippen molar-refractivity contribution in [3.8, 4) is 11.3 Å². The van der Waals surface area contributed by atoms with Gasteiger partial charge in [0.25, 0.3) is 0 Å². The molecule has 0 unspecified atom stereocenters. The molecule has 7 nitrogen and oxygen atoms in total. The number of hydrogen-bond acceptors (Lipinski definition) is 5. The van der Waals surface area contributed by atoms with Crippen LogP contribution in [0.2, 0.25) is 0 Å². The number of ether oxygens (including phenoxy) is 1. The number of benzene rings is 1. The van der Waals surface area contributed by atoms with E-state index >= 15 is 0 Å². The number of carbonyl (C=O) groups excluding carboxylic acids is 1. The summed E-state index contributed by atoms with van der Waals surface area (Å²) in [6.45, 7) is 7.32. The third-order valence-electron chi connectivity index (χ3n) is 5.46. The van der Waals surface area contributed by atoms with E-state index in [9.17, 15) is 9.18 Å². The molecule has 168 valence electrons. The monoisotopic (exact) mass is 437 g/mol. The predicted octanol–water partition coefficient (Wildman–Crippen LogP) is 4.31. The number of rotatable bonds is 4. The van der Waals surface area contributed by atoms with Gasteiger partial charge in [-0.15, -0.1) is 0 Å². The first-order valence-electron chi connectivity index (χ1n) is 10.6. The molecule has 0 aliphatic carbocycles. The average Bonchev–Trinajstić information content (AvgIpc) is 3.13. The fraction of sp³-hybridized carbons (Fsp3) is 0.375. The highest BCUT2D eigenvalue weighted by atomic mass is 19.1. The second-order valence-electron chi connectivity index (χ2n) is 8.97. The summed E-state index contributed by atoms with van der Waals surface area (Å²) in [4.78, 5) is 23.7. The molecule has 1 aromatic carbocycles. The van der Waals surface area contributed by atoms with E-state index in [0.717, 1.165) is 17.0 Å². The van der Waals surface area contributed by atoms with Gasteiger partial charge >= 0.3 is 0 Å². The molecule has 0 spiro atoms. The normalized spacial score (nSPS) is 16.8. The molecule has 8 heteroatoms. The molecular formula is C24H28FN5O2. The first-order valence-corrected chi connectivity index (χ1v) is 10.6. The van der Waals surface area contributed by atoms with E-state index in [0.29, 0.717) is 31.5 Å². The fourth-order valence-corrected chi connectivity index (χ4v) is 3.72. The van der Waals surface area contributed by atoms with Crippen molar-refractivity contribution >= 4 is 17.7 Å². The Morgan fingerprint density at radius 2 is 1.94 bits per heavy atom. The standard InChI is InChI=1S/C24H28FN5O2/c1-24(2,3)22(31)30-12-13-32-20(15-30)18-6-5-7-21(27-18)28-23-26-14-19(29(23)4)16-8-10-17(25)11-9-16/h5-11,14,20H,12-13,15H2,1-4H3,(H,26,27,28)/t20-/m0/s1.